The molecule has 2 aromatic rings. The average molecular weight is 443 g/mol. The van der Waals surface area contributed by atoms with Gasteiger partial charge >= 0.3 is 5.97 Å². The van der Waals surface area contributed by atoms with Crippen molar-refractivity contribution in [3.8, 4) is 17.2 Å². The second-order valence-electron chi connectivity index (χ2n) is 7.69. The van der Waals surface area contributed by atoms with Crippen molar-refractivity contribution in [3.05, 3.63) is 53.6 Å². The van der Waals surface area contributed by atoms with E-state index in [9.17, 15) is 29.7 Å². The van der Waals surface area contributed by atoms with Crippen LogP contribution in [0.2, 0.25) is 0 Å². The summed E-state index contributed by atoms with van der Waals surface area (Å²) in [7, 11) is 0. The number of benzene rings is 2. The number of nitrogens with one attached hydrogen (secondary N) is 2. The first-order valence-electron chi connectivity index (χ1n) is 10.00. The lowest BCUT2D eigenvalue weighted by molar-refractivity contribution is -0.142. The van der Waals surface area contributed by atoms with Crippen LogP contribution in [0.5, 0.6) is 17.2 Å². The predicted molar refractivity (Wildman–Crippen MR) is 113 cm³/mol. The number of carboxylic acids is 1. The summed E-state index contributed by atoms with van der Waals surface area (Å²) in [4.78, 5) is 36.9. The smallest absolute Gasteiger partial charge is 0.326 e. The Morgan fingerprint density at radius 2 is 1.72 bits per heavy atom. The molecule has 7 N–H and O–H groups in total. The van der Waals surface area contributed by atoms with Crippen molar-refractivity contribution >= 4 is 17.8 Å². The van der Waals surface area contributed by atoms with Gasteiger partial charge in [-0.25, -0.2) is 4.79 Å². The Balaban J connectivity index is 1.99. The number of nitrogens with two attached hydrogens (primary N) is 1. The molecule has 0 fully saturated rings. The number of phenolic OH excluding ortho intramolecular Hbond substituents is 1. The second kappa shape index (κ2) is 9.67. The number of carbonyl (C=O) groups excluding carboxylic acids is 2. The van der Waals surface area contributed by atoms with Crippen molar-refractivity contribution in [2.75, 3.05) is 0 Å². The largest absolute Gasteiger partial charge is 0.504 e. The zero-order valence-electron chi connectivity index (χ0n) is 17.3. The summed E-state index contributed by atoms with van der Waals surface area (Å²) in [6, 6.07) is 7.28. The third-order valence-corrected chi connectivity index (χ3v) is 5.08. The Bertz CT molecular complexity index is 1010. The fourth-order valence-electron chi connectivity index (χ4n) is 3.30. The van der Waals surface area contributed by atoms with E-state index < -0.39 is 42.0 Å². The Morgan fingerprint density at radius 3 is 2.34 bits per heavy atom. The Hall–Kier alpha value is -3.63. The van der Waals surface area contributed by atoms with E-state index in [1.54, 1.807) is 36.4 Å². The number of aliphatic hydroxyl groups excluding tert-OH is 1. The molecular formula is C22H25N3O7. The normalized spacial score (nSPS) is 22.8. The summed E-state index contributed by atoms with van der Waals surface area (Å²) in [5.74, 6) is -2.37. The molecule has 0 unspecified atom stereocenters. The van der Waals surface area contributed by atoms with E-state index in [1.165, 1.54) is 13.0 Å². The number of hydrogen-bond donors (Lipinski definition) is 6. The van der Waals surface area contributed by atoms with Crippen LogP contribution in [0.3, 0.4) is 0 Å². The van der Waals surface area contributed by atoms with E-state index in [0.717, 1.165) is 0 Å². The zero-order valence-corrected chi connectivity index (χ0v) is 17.3. The number of aliphatic hydroxyl groups is 1. The topological polar surface area (TPSA) is 171 Å². The van der Waals surface area contributed by atoms with E-state index in [0.29, 0.717) is 16.9 Å². The molecule has 10 heteroatoms. The Labute approximate surface area is 184 Å². The van der Waals surface area contributed by atoms with Gasteiger partial charge in [0.25, 0.3) is 0 Å². The minimum absolute atomic E-state index is 0.0396. The van der Waals surface area contributed by atoms with Crippen LogP contribution in [0.25, 0.3) is 0 Å². The summed E-state index contributed by atoms with van der Waals surface area (Å²) >= 11 is 0. The average Bonchev–Trinajstić information content (AvgIpc) is 2.74. The maximum atomic E-state index is 12.7. The van der Waals surface area contributed by atoms with Gasteiger partial charge in [0.1, 0.15) is 17.8 Å². The third-order valence-electron chi connectivity index (χ3n) is 5.08. The SMILES string of the molecule is C[C@@H](O)[C@@H]1NC(=O)[C@@H](N)Cc2ccc(O)c(c2)Oc2ccc(cc2)C[C@@H](C(=O)O)NC1=O. The fourth-order valence-corrected chi connectivity index (χ4v) is 3.30. The van der Waals surface area contributed by atoms with Crippen LogP contribution in [0, 0.1) is 0 Å². The number of rotatable bonds is 2. The number of fused-ring (bicyclic) bond motifs is 10. The number of carbonyl (C=O) groups is 3. The highest BCUT2D eigenvalue weighted by atomic mass is 16.5. The molecule has 2 aromatic carbocycles. The van der Waals surface area contributed by atoms with Crippen LogP contribution in [-0.4, -0.2) is 57.3 Å². The van der Waals surface area contributed by atoms with Crippen molar-refractivity contribution in [1.29, 1.82) is 0 Å². The van der Waals surface area contributed by atoms with Crippen LogP contribution in [-0.2, 0) is 27.2 Å². The molecule has 4 atom stereocenters. The maximum Gasteiger partial charge on any atom is 0.326 e. The van der Waals surface area contributed by atoms with Gasteiger partial charge in [-0.15, -0.1) is 0 Å². The summed E-state index contributed by atoms with van der Waals surface area (Å²) in [5.41, 5.74) is 7.18. The Morgan fingerprint density at radius 1 is 1.06 bits per heavy atom. The van der Waals surface area contributed by atoms with Crippen molar-refractivity contribution in [3.63, 3.8) is 0 Å². The van der Waals surface area contributed by atoms with Gasteiger partial charge in [0.05, 0.1) is 12.1 Å². The van der Waals surface area contributed by atoms with Gasteiger partial charge in [-0.2, -0.15) is 0 Å². The molecule has 0 saturated heterocycles. The summed E-state index contributed by atoms with van der Waals surface area (Å²) in [6.45, 7) is 1.30. The molecule has 0 radical (unpaired) electrons. The molecule has 0 spiro atoms. The van der Waals surface area contributed by atoms with Gasteiger partial charge in [-0.05, 0) is 48.7 Å². The van der Waals surface area contributed by atoms with E-state index in [-0.39, 0.29) is 24.3 Å². The molecule has 0 saturated carbocycles. The van der Waals surface area contributed by atoms with E-state index in [2.05, 4.69) is 10.6 Å². The first kappa shape index (κ1) is 23.0. The van der Waals surface area contributed by atoms with Crippen molar-refractivity contribution in [2.45, 2.75) is 44.0 Å². The number of aromatic hydroxyl groups is 1. The first-order valence-corrected chi connectivity index (χ1v) is 10.00. The highest BCUT2D eigenvalue weighted by molar-refractivity contribution is 5.92. The van der Waals surface area contributed by atoms with Crippen LogP contribution >= 0.6 is 0 Å². The number of phenols is 1. The summed E-state index contributed by atoms with van der Waals surface area (Å²) in [6.07, 6.45) is -1.27. The number of hydrogen-bond acceptors (Lipinski definition) is 7. The van der Waals surface area contributed by atoms with Gasteiger partial charge in [0.15, 0.2) is 11.5 Å². The molecule has 2 aliphatic rings. The molecule has 32 heavy (non-hydrogen) atoms. The fraction of sp³-hybridized carbons (Fsp3) is 0.318. The molecule has 4 bridgehead atoms. The van der Waals surface area contributed by atoms with E-state index in [4.69, 9.17) is 10.5 Å². The van der Waals surface area contributed by atoms with Crippen LogP contribution in [0.4, 0.5) is 0 Å². The van der Waals surface area contributed by atoms with Crippen LogP contribution in [0.1, 0.15) is 18.1 Å². The van der Waals surface area contributed by atoms with Crippen molar-refractivity contribution in [1.82, 2.24) is 10.6 Å². The molecule has 10 nitrogen and oxygen atoms in total. The van der Waals surface area contributed by atoms with Crippen LogP contribution in [0.15, 0.2) is 42.5 Å². The van der Waals surface area contributed by atoms with Gasteiger partial charge in [-0.1, -0.05) is 18.2 Å². The number of carboxylic acid groups (broad SMARTS) is 1. The standard InChI is InChI=1S/C22H25N3O7/c1-11(26)19-21(29)24-16(22(30)31)9-12-2-5-14(6-3-12)32-18-10-13(4-7-17(18)27)8-15(23)20(28)25-19/h2-7,10-11,15-16,19,26-27H,8-9,23H2,1H3,(H,24,29)(H,25,28)(H,30,31)/t11-,15+,16+,19+/m1/s1. The molecule has 4 rings (SSSR count). The molecule has 170 valence electrons. The van der Waals surface area contributed by atoms with Gasteiger partial charge in [-0.3, -0.25) is 9.59 Å². The molecule has 2 aliphatic heterocycles. The van der Waals surface area contributed by atoms with Crippen molar-refractivity contribution in [2.24, 2.45) is 5.73 Å². The van der Waals surface area contributed by atoms with Gasteiger partial charge in [0, 0.05) is 6.42 Å². The molecule has 0 aliphatic carbocycles. The second-order valence-corrected chi connectivity index (χ2v) is 7.69. The van der Waals surface area contributed by atoms with E-state index >= 15 is 0 Å². The Kier molecular flexibility index (Phi) is 6.96. The number of aliphatic carboxylic acids is 1. The lowest BCUT2D eigenvalue weighted by atomic mass is 10.0. The predicted octanol–water partition coefficient (Wildman–Crippen LogP) is 0.0454. The quantitative estimate of drug-likeness (QED) is 0.378. The lowest BCUT2D eigenvalue weighted by Crippen LogP contribution is -2.58. The summed E-state index contributed by atoms with van der Waals surface area (Å²) in [5, 5.41) is 34.4. The van der Waals surface area contributed by atoms with E-state index in [1.807, 2.05) is 0 Å². The lowest BCUT2D eigenvalue weighted by Gasteiger charge is -2.24. The zero-order chi connectivity index (χ0) is 23.4. The minimum atomic E-state index is -1.40. The van der Waals surface area contributed by atoms with Crippen LogP contribution < -0.4 is 21.1 Å². The molecule has 2 heterocycles. The molecule has 0 aromatic heterocycles. The van der Waals surface area contributed by atoms with Gasteiger partial charge < -0.3 is 36.4 Å². The monoisotopic (exact) mass is 443 g/mol. The summed E-state index contributed by atoms with van der Waals surface area (Å²) < 4.78 is 5.72. The first-order chi connectivity index (χ1) is 15.1. The highest BCUT2D eigenvalue weighted by Crippen LogP contribution is 2.32. The molecule has 2 amide bonds. The van der Waals surface area contributed by atoms with Gasteiger partial charge in [0.2, 0.25) is 11.8 Å². The number of amides is 2. The minimum Gasteiger partial charge on any atom is -0.504 e. The third kappa shape index (κ3) is 5.54. The highest BCUT2D eigenvalue weighted by Gasteiger charge is 2.31. The molecular weight excluding hydrogens is 418 g/mol. The maximum absolute atomic E-state index is 12.7. The van der Waals surface area contributed by atoms with Crippen molar-refractivity contribution < 1.29 is 34.4 Å². The number of ether oxygens (including phenoxy) is 1.